The summed E-state index contributed by atoms with van der Waals surface area (Å²) in [4.78, 5) is 32.1. The normalized spacial score (nSPS) is 26.0. The number of nitrogens with one attached hydrogen (secondary N) is 1. The number of rotatable bonds is 6. The molecule has 2 amide bonds. The molecule has 3 fully saturated rings. The van der Waals surface area contributed by atoms with E-state index >= 15 is 0 Å². The van der Waals surface area contributed by atoms with Crippen molar-refractivity contribution in [2.75, 3.05) is 39.3 Å². The van der Waals surface area contributed by atoms with E-state index < -0.39 is 0 Å². The van der Waals surface area contributed by atoms with E-state index in [1.807, 2.05) is 19.9 Å². The molecular weight excluding hydrogens is 352 g/mol. The molecule has 3 saturated heterocycles. The average molecular weight is 391 g/mol. The van der Waals surface area contributed by atoms with Gasteiger partial charge in [-0.05, 0) is 72.0 Å². The van der Waals surface area contributed by atoms with Crippen molar-refractivity contribution in [2.24, 2.45) is 5.92 Å². The Kier molecular flexibility index (Phi) is 7.52. The van der Waals surface area contributed by atoms with E-state index in [2.05, 4.69) is 26.6 Å². The first kappa shape index (κ1) is 21.3. The second kappa shape index (κ2) is 9.88. The zero-order chi connectivity index (χ0) is 20.1. The van der Waals surface area contributed by atoms with Crippen LogP contribution in [-0.2, 0) is 9.59 Å². The molecule has 28 heavy (non-hydrogen) atoms. The summed E-state index contributed by atoms with van der Waals surface area (Å²) in [5.41, 5.74) is 0. The molecule has 0 aromatic heterocycles. The van der Waals surface area contributed by atoms with Gasteiger partial charge in [0.05, 0.1) is 6.04 Å². The Balaban J connectivity index is 1.43. The Morgan fingerprint density at radius 3 is 2.32 bits per heavy atom. The molecule has 0 aromatic carbocycles. The van der Waals surface area contributed by atoms with E-state index in [0.717, 1.165) is 77.8 Å². The minimum Gasteiger partial charge on any atom is -0.354 e. The predicted octanol–water partition coefficient (Wildman–Crippen LogP) is 1.86. The Bertz CT molecular complexity index is 549. The SMILES string of the molecule is C=CCN1CCCC1C(=O)N1CCC(N2CCC(C(=O)NC(C)C)CC2)CC1. The van der Waals surface area contributed by atoms with E-state index in [-0.39, 0.29) is 23.9 Å². The number of hydrogen-bond donors (Lipinski definition) is 1. The van der Waals surface area contributed by atoms with Crippen LogP contribution in [0.3, 0.4) is 0 Å². The zero-order valence-corrected chi connectivity index (χ0v) is 17.7. The van der Waals surface area contributed by atoms with Crippen LogP contribution in [0, 0.1) is 5.92 Å². The summed E-state index contributed by atoms with van der Waals surface area (Å²) in [6.07, 6.45) is 8.03. The maximum Gasteiger partial charge on any atom is 0.239 e. The Hall–Kier alpha value is -1.40. The van der Waals surface area contributed by atoms with E-state index in [1.165, 1.54) is 0 Å². The number of amides is 2. The summed E-state index contributed by atoms with van der Waals surface area (Å²) in [5, 5.41) is 3.05. The maximum atomic E-state index is 13.0. The second-order valence-electron chi connectivity index (χ2n) is 8.97. The van der Waals surface area contributed by atoms with Crippen LogP contribution in [-0.4, -0.2) is 83.9 Å². The van der Waals surface area contributed by atoms with Gasteiger partial charge in [0.25, 0.3) is 0 Å². The van der Waals surface area contributed by atoms with Gasteiger partial charge in [-0.15, -0.1) is 6.58 Å². The topological polar surface area (TPSA) is 55.9 Å². The smallest absolute Gasteiger partial charge is 0.239 e. The molecule has 3 heterocycles. The molecule has 6 nitrogen and oxygen atoms in total. The van der Waals surface area contributed by atoms with Crippen molar-refractivity contribution < 1.29 is 9.59 Å². The highest BCUT2D eigenvalue weighted by atomic mass is 16.2. The van der Waals surface area contributed by atoms with Crippen molar-refractivity contribution in [3.8, 4) is 0 Å². The summed E-state index contributed by atoms with van der Waals surface area (Å²) in [7, 11) is 0. The maximum absolute atomic E-state index is 13.0. The van der Waals surface area contributed by atoms with Crippen LogP contribution in [0.5, 0.6) is 0 Å². The molecule has 6 heteroatoms. The first-order valence-corrected chi connectivity index (χ1v) is 11.2. The van der Waals surface area contributed by atoms with E-state index in [9.17, 15) is 9.59 Å². The van der Waals surface area contributed by atoms with Crippen molar-refractivity contribution in [1.29, 1.82) is 0 Å². The number of nitrogens with zero attached hydrogens (tertiary/aromatic N) is 3. The van der Waals surface area contributed by atoms with Crippen LogP contribution >= 0.6 is 0 Å². The van der Waals surface area contributed by atoms with Crippen LogP contribution in [0.1, 0.15) is 52.4 Å². The molecule has 0 aliphatic carbocycles. The minimum absolute atomic E-state index is 0.0600. The highest BCUT2D eigenvalue weighted by Gasteiger charge is 2.36. The molecule has 0 bridgehead atoms. The van der Waals surface area contributed by atoms with Gasteiger partial charge < -0.3 is 15.1 Å². The third kappa shape index (κ3) is 5.15. The number of carbonyl (C=O) groups is 2. The lowest BCUT2D eigenvalue weighted by atomic mass is 9.92. The quantitative estimate of drug-likeness (QED) is 0.704. The van der Waals surface area contributed by atoms with Crippen LogP contribution < -0.4 is 5.32 Å². The Morgan fingerprint density at radius 1 is 1.04 bits per heavy atom. The van der Waals surface area contributed by atoms with E-state index in [4.69, 9.17) is 0 Å². The molecule has 0 radical (unpaired) electrons. The fraction of sp³-hybridized carbons (Fsp3) is 0.818. The van der Waals surface area contributed by atoms with Crippen molar-refractivity contribution in [2.45, 2.75) is 70.5 Å². The summed E-state index contributed by atoms with van der Waals surface area (Å²) in [6.45, 7) is 13.4. The standard InChI is InChI=1S/C22H38N4O2/c1-4-11-25-12-5-6-20(25)22(28)26-15-9-19(10-16-26)24-13-7-18(8-14-24)21(27)23-17(2)3/h4,17-20H,1,5-16H2,2-3H3,(H,23,27). The predicted molar refractivity (Wildman–Crippen MR) is 112 cm³/mol. The fourth-order valence-corrected chi connectivity index (χ4v) is 5.08. The third-order valence-electron chi connectivity index (χ3n) is 6.64. The van der Waals surface area contributed by atoms with Crippen LogP contribution in [0.15, 0.2) is 12.7 Å². The second-order valence-corrected chi connectivity index (χ2v) is 8.97. The number of hydrogen-bond acceptors (Lipinski definition) is 4. The van der Waals surface area contributed by atoms with Crippen LogP contribution in [0.2, 0.25) is 0 Å². The first-order chi connectivity index (χ1) is 13.5. The molecule has 1 atom stereocenters. The highest BCUT2D eigenvalue weighted by Crippen LogP contribution is 2.26. The Morgan fingerprint density at radius 2 is 1.71 bits per heavy atom. The van der Waals surface area contributed by atoms with Gasteiger partial charge in [-0.25, -0.2) is 0 Å². The molecule has 1 unspecified atom stereocenters. The van der Waals surface area contributed by atoms with Crippen molar-refractivity contribution in [1.82, 2.24) is 20.0 Å². The highest BCUT2D eigenvalue weighted by molar-refractivity contribution is 5.82. The monoisotopic (exact) mass is 390 g/mol. The van der Waals surface area contributed by atoms with Crippen LogP contribution in [0.4, 0.5) is 0 Å². The van der Waals surface area contributed by atoms with Gasteiger partial charge in [-0.1, -0.05) is 6.08 Å². The first-order valence-electron chi connectivity index (χ1n) is 11.2. The lowest BCUT2D eigenvalue weighted by Gasteiger charge is -2.42. The van der Waals surface area contributed by atoms with Crippen molar-refractivity contribution >= 4 is 11.8 Å². The summed E-state index contributed by atoms with van der Waals surface area (Å²) < 4.78 is 0. The number of piperidine rings is 2. The largest absolute Gasteiger partial charge is 0.354 e. The van der Waals surface area contributed by atoms with Gasteiger partial charge in [-0.3, -0.25) is 14.5 Å². The van der Waals surface area contributed by atoms with Crippen LogP contribution in [0.25, 0.3) is 0 Å². The molecule has 3 aliphatic rings. The molecule has 3 rings (SSSR count). The molecule has 1 N–H and O–H groups in total. The molecule has 0 spiro atoms. The van der Waals surface area contributed by atoms with Gasteiger partial charge in [0, 0.05) is 37.6 Å². The average Bonchev–Trinajstić information content (AvgIpc) is 3.16. The zero-order valence-electron chi connectivity index (χ0n) is 17.7. The van der Waals surface area contributed by atoms with Gasteiger partial charge in [0.2, 0.25) is 11.8 Å². The van der Waals surface area contributed by atoms with Crippen molar-refractivity contribution in [3.05, 3.63) is 12.7 Å². The molecule has 0 saturated carbocycles. The van der Waals surface area contributed by atoms with E-state index in [1.54, 1.807) is 0 Å². The molecule has 158 valence electrons. The number of likely N-dealkylation sites (tertiary alicyclic amines) is 3. The minimum atomic E-state index is 0.0600. The van der Waals surface area contributed by atoms with Crippen molar-refractivity contribution in [3.63, 3.8) is 0 Å². The fourth-order valence-electron chi connectivity index (χ4n) is 5.08. The van der Waals surface area contributed by atoms with Gasteiger partial charge in [-0.2, -0.15) is 0 Å². The van der Waals surface area contributed by atoms with E-state index in [0.29, 0.717) is 11.9 Å². The molecule has 0 aromatic rings. The summed E-state index contributed by atoms with van der Waals surface area (Å²) >= 11 is 0. The number of carbonyl (C=O) groups excluding carboxylic acids is 2. The third-order valence-corrected chi connectivity index (χ3v) is 6.64. The van der Waals surface area contributed by atoms with Gasteiger partial charge in [0.15, 0.2) is 0 Å². The lowest BCUT2D eigenvalue weighted by molar-refractivity contribution is -0.137. The van der Waals surface area contributed by atoms with Gasteiger partial charge in [0.1, 0.15) is 0 Å². The van der Waals surface area contributed by atoms with Gasteiger partial charge >= 0.3 is 0 Å². The molecular formula is C22H38N4O2. The summed E-state index contributed by atoms with van der Waals surface area (Å²) in [5.74, 6) is 0.705. The Labute approximate surface area is 170 Å². The lowest BCUT2D eigenvalue weighted by Crippen LogP contribution is -2.53. The summed E-state index contributed by atoms with van der Waals surface area (Å²) in [6, 6.07) is 0.838. The molecule has 3 aliphatic heterocycles.